The zero-order chi connectivity index (χ0) is 28.3. The van der Waals surface area contributed by atoms with Crippen molar-refractivity contribution in [2.75, 3.05) is 6.54 Å². The summed E-state index contributed by atoms with van der Waals surface area (Å²) >= 11 is 0. The summed E-state index contributed by atoms with van der Waals surface area (Å²) in [5, 5.41) is 22.9. The molecule has 38 heavy (non-hydrogen) atoms. The third kappa shape index (κ3) is 10.2. The van der Waals surface area contributed by atoms with E-state index in [-0.39, 0.29) is 0 Å². The van der Waals surface area contributed by atoms with E-state index in [9.17, 15) is 26.3 Å². The second-order valence-corrected chi connectivity index (χ2v) is 7.49. The second kappa shape index (κ2) is 13.5. The smallest absolute Gasteiger partial charge is 0.475 e. The van der Waals surface area contributed by atoms with Gasteiger partial charge in [0.2, 0.25) is 0 Å². The van der Waals surface area contributed by atoms with Crippen molar-refractivity contribution < 1.29 is 55.3 Å². The number of aliphatic carboxylic acids is 2. The van der Waals surface area contributed by atoms with Crippen LogP contribution in [0.2, 0.25) is 0 Å². The molecule has 0 fully saturated rings. The quantitative estimate of drug-likeness (QED) is 0.437. The number of ether oxygens (including phenoxy) is 1. The fourth-order valence-electron chi connectivity index (χ4n) is 2.89. The predicted octanol–water partition coefficient (Wildman–Crippen LogP) is 3.27. The Hall–Kier alpha value is -3.99. The van der Waals surface area contributed by atoms with E-state index < -0.39 is 24.3 Å². The van der Waals surface area contributed by atoms with E-state index in [1.54, 1.807) is 18.7 Å². The lowest BCUT2D eigenvalue weighted by Crippen LogP contribution is -2.33. The van der Waals surface area contributed by atoms with Gasteiger partial charge in [-0.05, 0) is 17.7 Å². The molecule has 0 radical (unpaired) electrons. The molecule has 0 aromatic carbocycles. The molecule has 2 N–H and O–H groups in total. The SMILES string of the molecule is O=C(O)C(F)(F)F.O=C(O)C(F)(F)F.c1cncc(COCc2nnc3n2CCN(Cc2ccoc2)C3)c1. The van der Waals surface area contributed by atoms with Gasteiger partial charge in [-0.1, -0.05) is 6.07 Å². The van der Waals surface area contributed by atoms with Crippen molar-refractivity contribution in [1.82, 2.24) is 24.6 Å². The maximum Gasteiger partial charge on any atom is 0.490 e. The molecule has 0 saturated heterocycles. The number of carbonyl (C=O) groups is 2. The average molecular weight is 553 g/mol. The zero-order valence-corrected chi connectivity index (χ0v) is 19.3. The van der Waals surface area contributed by atoms with Crippen molar-refractivity contribution in [2.45, 2.75) is 45.2 Å². The number of pyridine rings is 1. The first-order valence-corrected chi connectivity index (χ1v) is 10.5. The number of hydrogen-bond donors (Lipinski definition) is 2. The van der Waals surface area contributed by atoms with Crippen LogP contribution in [-0.4, -0.2) is 65.7 Å². The third-order valence-corrected chi connectivity index (χ3v) is 4.60. The van der Waals surface area contributed by atoms with Crippen molar-refractivity contribution in [3.63, 3.8) is 0 Å². The molecule has 3 aromatic rings. The Labute approximate surface area is 210 Å². The summed E-state index contributed by atoms with van der Waals surface area (Å²) in [4.78, 5) is 24.2. The molecule has 0 atom stereocenters. The summed E-state index contributed by atoms with van der Waals surface area (Å²) in [5.41, 5.74) is 2.24. The molecule has 1 aliphatic rings. The second-order valence-electron chi connectivity index (χ2n) is 7.49. The highest BCUT2D eigenvalue weighted by Crippen LogP contribution is 2.17. The van der Waals surface area contributed by atoms with Gasteiger partial charge in [-0.25, -0.2) is 9.59 Å². The summed E-state index contributed by atoms with van der Waals surface area (Å²) in [6.07, 6.45) is -3.10. The molecule has 17 heteroatoms. The maximum absolute atomic E-state index is 10.6. The van der Waals surface area contributed by atoms with Crippen LogP contribution in [0.25, 0.3) is 0 Å². The average Bonchev–Trinajstić information content (AvgIpc) is 3.49. The van der Waals surface area contributed by atoms with Crippen LogP contribution in [0.15, 0.2) is 47.5 Å². The summed E-state index contributed by atoms with van der Waals surface area (Å²) in [7, 11) is 0. The van der Waals surface area contributed by atoms with E-state index in [1.807, 2.05) is 24.4 Å². The monoisotopic (exact) mass is 553 g/mol. The van der Waals surface area contributed by atoms with Gasteiger partial charge in [0.25, 0.3) is 0 Å². The van der Waals surface area contributed by atoms with Crippen LogP contribution in [0.4, 0.5) is 26.3 Å². The van der Waals surface area contributed by atoms with Gasteiger partial charge in [-0.3, -0.25) is 9.88 Å². The minimum atomic E-state index is -5.08. The van der Waals surface area contributed by atoms with E-state index >= 15 is 0 Å². The van der Waals surface area contributed by atoms with Crippen LogP contribution >= 0.6 is 0 Å². The van der Waals surface area contributed by atoms with E-state index in [1.165, 1.54) is 5.56 Å². The van der Waals surface area contributed by atoms with Gasteiger partial charge >= 0.3 is 24.3 Å². The Morgan fingerprint density at radius 1 is 0.974 bits per heavy atom. The zero-order valence-electron chi connectivity index (χ0n) is 19.3. The van der Waals surface area contributed by atoms with E-state index in [2.05, 4.69) is 24.6 Å². The lowest BCUT2D eigenvalue weighted by atomic mass is 10.2. The van der Waals surface area contributed by atoms with Gasteiger partial charge in [0.05, 0.1) is 25.7 Å². The Bertz CT molecular complexity index is 1130. The van der Waals surface area contributed by atoms with Crippen molar-refractivity contribution in [2.24, 2.45) is 0 Å². The minimum absolute atomic E-state index is 0.462. The first kappa shape index (κ1) is 30.2. The molecule has 0 unspecified atom stereocenters. The largest absolute Gasteiger partial charge is 0.490 e. The van der Waals surface area contributed by atoms with Gasteiger partial charge < -0.3 is 23.9 Å². The van der Waals surface area contributed by atoms with Crippen molar-refractivity contribution in [1.29, 1.82) is 0 Å². The van der Waals surface area contributed by atoms with Gasteiger partial charge in [0, 0.05) is 37.6 Å². The van der Waals surface area contributed by atoms with Crippen LogP contribution < -0.4 is 0 Å². The fraction of sp³-hybridized carbons (Fsp3) is 0.381. The van der Waals surface area contributed by atoms with Crippen LogP contribution in [0.1, 0.15) is 22.8 Å². The fourth-order valence-corrected chi connectivity index (χ4v) is 2.89. The van der Waals surface area contributed by atoms with E-state index in [0.29, 0.717) is 13.2 Å². The van der Waals surface area contributed by atoms with E-state index in [4.69, 9.17) is 29.0 Å². The molecule has 4 rings (SSSR count). The van der Waals surface area contributed by atoms with Crippen molar-refractivity contribution >= 4 is 11.9 Å². The summed E-state index contributed by atoms with van der Waals surface area (Å²) in [6, 6.07) is 5.91. The first-order chi connectivity index (χ1) is 17.8. The van der Waals surface area contributed by atoms with Crippen LogP contribution in [0.5, 0.6) is 0 Å². The lowest BCUT2D eigenvalue weighted by Gasteiger charge is -2.27. The van der Waals surface area contributed by atoms with Crippen molar-refractivity contribution in [3.8, 4) is 0 Å². The Balaban J connectivity index is 0.000000301. The number of halogens is 6. The van der Waals surface area contributed by atoms with Gasteiger partial charge in [0.15, 0.2) is 5.82 Å². The third-order valence-electron chi connectivity index (χ3n) is 4.60. The van der Waals surface area contributed by atoms with Gasteiger partial charge in [-0.15, -0.1) is 10.2 Å². The molecule has 208 valence electrons. The minimum Gasteiger partial charge on any atom is -0.475 e. The number of aromatic nitrogens is 4. The number of carboxylic acids is 2. The van der Waals surface area contributed by atoms with Crippen LogP contribution in [0.3, 0.4) is 0 Å². The normalized spacial score (nSPS) is 13.4. The lowest BCUT2D eigenvalue weighted by molar-refractivity contribution is -0.193. The van der Waals surface area contributed by atoms with Crippen LogP contribution in [0, 0.1) is 0 Å². The summed E-state index contributed by atoms with van der Waals surface area (Å²) in [6.45, 7) is 4.50. The topological polar surface area (TPSA) is 144 Å². The number of alkyl halides is 6. The molecular formula is C21H21F6N5O6. The number of rotatable bonds is 6. The molecule has 3 aromatic heterocycles. The van der Waals surface area contributed by atoms with E-state index in [0.717, 1.165) is 43.4 Å². The molecule has 0 aliphatic carbocycles. The molecule has 0 saturated carbocycles. The highest BCUT2D eigenvalue weighted by Gasteiger charge is 2.38. The molecule has 0 amide bonds. The molecule has 1 aliphatic heterocycles. The number of furan rings is 1. The molecule has 0 spiro atoms. The van der Waals surface area contributed by atoms with Crippen molar-refractivity contribution in [3.05, 3.63) is 65.9 Å². The predicted molar refractivity (Wildman–Crippen MR) is 113 cm³/mol. The maximum atomic E-state index is 10.6. The highest BCUT2D eigenvalue weighted by molar-refractivity contribution is 5.73. The van der Waals surface area contributed by atoms with Gasteiger partial charge in [0.1, 0.15) is 12.4 Å². The molecule has 4 heterocycles. The Kier molecular flexibility index (Phi) is 10.8. The first-order valence-electron chi connectivity index (χ1n) is 10.5. The summed E-state index contributed by atoms with van der Waals surface area (Å²) in [5.74, 6) is -3.64. The number of fused-ring (bicyclic) bond motifs is 1. The molecule has 0 bridgehead atoms. The molecule has 11 nitrogen and oxygen atoms in total. The van der Waals surface area contributed by atoms with Crippen LogP contribution in [-0.2, 0) is 47.2 Å². The number of carboxylic acid groups (broad SMARTS) is 2. The standard InChI is InChI=1S/C17H19N5O2.2C2HF3O2/c1-2-14(8-18-4-1)11-24-13-17-20-19-16-10-21(5-6-22(16)17)9-15-3-7-23-12-15;2*3-2(4,5)1(6)7/h1-4,7-8,12H,5-6,9-11,13H2;2*(H,6,7). The summed E-state index contributed by atoms with van der Waals surface area (Å²) < 4.78 is 76.5. The number of nitrogens with zero attached hydrogens (tertiary/aromatic N) is 5. The molecular weight excluding hydrogens is 532 g/mol. The highest BCUT2D eigenvalue weighted by atomic mass is 19.4. The Morgan fingerprint density at radius 2 is 1.63 bits per heavy atom. The Morgan fingerprint density at radius 3 is 2.16 bits per heavy atom. The number of hydrogen-bond acceptors (Lipinski definition) is 8. The van der Waals surface area contributed by atoms with Gasteiger partial charge in [-0.2, -0.15) is 26.3 Å².